The molecule has 1 aromatic carbocycles. The highest BCUT2D eigenvalue weighted by atomic mass is 32.2. The molecule has 0 aliphatic carbocycles. The molecular weight excluding hydrogens is 310 g/mol. The number of rotatable bonds is 5. The molecule has 3 rings (SSSR count). The van der Waals surface area contributed by atoms with E-state index in [-0.39, 0.29) is 11.2 Å². The first-order valence-corrected chi connectivity index (χ1v) is 8.77. The van der Waals surface area contributed by atoms with Crippen molar-refractivity contribution < 1.29 is 9.53 Å². The van der Waals surface area contributed by atoms with Gasteiger partial charge in [-0.3, -0.25) is 9.48 Å². The van der Waals surface area contributed by atoms with Gasteiger partial charge in [0, 0.05) is 31.1 Å². The first-order valence-electron chi connectivity index (χ1n) is 7.72. The second-order valence-corrected chi connectivity index (χ2v) is 6.81. The van der Waals surface area contributed by atoms with Crippen LogP contribution in [0, 0.1) is 0 Å². The second kappa shape index (κ2) is 7.08. The zero-order valence-corrected chi connectivity index (χ0v) is 14.3. The van der Waals surface area contributed by atoms with E-state index in [1.165, 1.54) is 0 Å². The zero-order chi connectivity index (χ0) is 16.2. The van der Waals surface area contributed by atoms with E-state index < -0.39 is 0 Å². The van der Waals surface area contributed by atoms with Crippen molar-refractivity contribution in [1.29, 1.82) is 0 Å². The van der Waals surface area contributed by atoms with Gasteiger partial charge in [0.05, 0.1) is 24.2 Å². The maximum absolute atomic E-state index is 12.7. The van der Waals surface area contributed by atoms with Crippen LogP contribution in [0.3, 0.4) is 0 Å². The molecule has 1 aliphatic rings. The van der Waals surface area contributed by atoms with Gasteiger partial charge in [-0.05, 0) is 18.9 Å². The Hall–Kier alpha value is -1.95. The number of carbonyl (C=O) groups is 1. The van der Waals surface area contributed by atoms with Crippen molar-refractivity contribution in [2.24, 2.45) is 7.05 Å². The summed E-state index contributed by atoms with van der Waals surface area (Å²) in [6.45, 7) is 0.774. The molecule has 1 fully saturated rings. The van der Waals surface area contributed by atoms with E-state index in [0.717, 1.165) is 42.1 Å². The van der Waals surface area contributed by atoms with E-state index in [1.807, 2.05) is 36.3 Å². The Balaban J connectivity index is 1.67. The van der Waals surface area contributed by atoms with Crippen LogP contribution in [0.2, 0.25) is 0 Å². The number of hydrogen-bond donors (Lipinski definition) is 0. The van der Waals surface area contributed by atoms with E-state index in [2.05, 4.69) is 11.2 Å². The fraction of sp³-hybridized carbons (Fsp3) is 0.412. The van der Waals surface area contributed by atoms with Gasteiger partial charge in [0.1, 0.15) is 5.75 Å². The molecule has 1 unspecified atom stereocenters. The summed E-state index contributed by atoms with van der Waals surface area (Å²) in [5, 5.41) is 4.16. The molecule has 0 bridgehead atoms. The van der Waals surface area contributed by atoms with Gasteiger partial charge in [-0.1, -0.05) is 18.2 Å². The lowest BCUT2D eigenvalue weighted by Gasteiger charge is -2.31. The van der Waals surface area contributed by atoms with Gasteiger partial charge in [0.15, 0.2) is 0 Å². The van der Waals surface area contributed by atoms with Crippen molar-refractivity contribution in [3.63, 3.8) is 0 Å². The first kappa shape index (κ1) is 15.9. The third-order valence-electron chi connectivity index (χ3n) is 4.02. The van der Waals surface area contributed by atoms with Crippen molar-refractivity contribution in [2.75, 3.05) is 18.6 Å². The van der Waals surface area contributed by atoms with Gasteiger partial charge in [-0.25, -0.2) is 0 Å². The van der Waals surface area contributed by atoms with Crippen LogP contribution < -0.4 is 9.64 Å². The summed E-state index contributed by atoms with van der Waals surface area (Å²) in [7, 11) is 3.55. The SMILES string of the molecule is COc1ccccc1CSC1CCCN(c2cnn(C)c2)C1=O. The van der Waals surface area contributed by atoms with E-state index in [0.29, 0.717) is 0 Å². The molecule has 6 heteroatoms. The molecule has 2 aromatic rings. The molecule has 1 amide bonds. The minimum atomic E-state index is -0.00568. The quantitative estimate of drug-likeness (QED) is 0.845. The Morgan fingerprint density at radius 3 is 2.96 bits per heavy atom. The topological polar surface area (TPSA) is 47.4 Å². The van der Waals surface area contributed by atoms with Crippen molar-refractivity contribution in [3.05, 3.63) is 42.2 Å². The van der Waals surface area contributed by atoms with Gasteiger partial charge in [0.2, 0.25) is 5.91 Å². The Kier molecular flexibility index (Phi) is 4.91. The number of nitrogens with zero attached hydrogens (tertiary/aromatic N) is 3. The Bertz CT molecular complexity index is 686. The van der Waals surface area contributed by atoms with Gasteiger partial charge in [0.25, 0.3) is 0 Å². The highest BCUT2D eigenvalue weighted by Crippen LogP contribution is 2.31. The number of piperidine rings is 1. The fourth-order valence-electron chi connectivity index (χ4n) is 2.81. The number of anilines is 1. The summed E-state index contributed by atoms with van der Waals surface area (Å²) in [6.07, 6.45) is 5.59. The summed E-state index contributed by atoms with van der Waals surface area (Å²) in [5.41, 5.74) is 2.02. The molecule has 1 aromatic heterocycles. The molecule has 122 valence electrons. The lowest BCUT2D eigenvalue weighted by Crippen LogP contribution is -2.42. The van der Waals surface area contributed by atoms with Crippen LogP contribution in [0.15, 0.2) is 36.7 Å². The zero-order valence-electron chi connectivity index (χ0n) is 13.4. The predicted octanol–water partition coefficient (Wildman–Crippen LogP) is 2.86. The van der Waals surface area contributed by atoms with Gasteiger partial charge < -0.3 is 9.64 Å². The summed E-state index contributed by atoms with van der Waals surface area (Å²) in [4.78, 5) is 14.6. The van der Waals surface area contributed by atoms with E-state index in [1.54, 1.807) is 29.8 Å². The normalized spacial score (nSPS) is 18.3. The smallest absolute Gasteiger partial charge is 0.240 e. The number of aromatic nitrogens is 2. The Morgan fingerprint density at radius 1 is 1.39 bits per heavy atom. The fourth-order valence-corrected chi connectivity index (χ4v) is 4.04. The van der Waals surface area contributed by atoms with Crippen LogP contribution in [0.5, 0.6) is 5.75 Å². The average Bonchev–Trinajstić information content (AvgIpc) is 3.00. The minimum Gasteiger partial charge on any atom is -0.496 e. The maximum atomic E-state index is 12.7. The molecule has 0 saturated carbocycles. The number of carbonyl (C=O) groups excluding carboxylic acids is 1. The predicted molar refractivity (Wildman–Crippen MR) is 92.9 cm³/mol. The van der Waals surface area contributed by atoms with Crippen molar-refractivity contribution in [1.82, 2.24) is 9.78 Å². The van der Waals surface area contributed by atoms with Crippen molar-refractivity contribution in [2.45, 2.75) is 23.8 Å². The van der Waals surface area contributed by atoms with E-state index in [9.17, 15) is 4.79 Å². The number of benzene rings is 1. The van der Waals surface area contributed by atoms with Crippen LogP contribution in [0.4, 0.5) is 5.69 Å². The molecule has 1 atom stereocenters. The summed E-state index contributed by atoms with van der Waals surface area (Å²) >= 11 is 1.69. The van der Waals surface area contributed by atoms with Crippen molar-refractivity contribution in [3.8, 4) is 5.75 Å². The Morgan fingerprint density at radius 2 is 2.22 bits per heavy atom. The number of amides is 1. The number of thioether (sulfide) groups is 1. The molecular formula is C17H21N3O2S. The number of hydrogen-bond acceptors (Lipinski definition) is 4. The van der Waals surface area contributed by atoms with Crippen LogP contribution in [0.25, 0.3) is 0 Å². The van der Waals surface area contributed by atoms with Crippen LogP contribution in [0.1, 0.15) is 18.4 Å². The third kappa shape index (κ3) is 3.52. The largest absolute Gasteiger partial charge is 0.496 e. The lowest BCUT2D eigenvalue weighted by molar-refractivity contribution is -0.119. The maximum Gasteiger partial charge on any atom is 0.240 e. The first-order chi connectivity index (χ1) is 11.2. The number of ether oxygens (including phenoxy) is 1. The monoisotopic (exact) mass is 331 g/mol. The average molecular weight is 331 g/mol. The second-order valence-electron chi connectivity index (χ2n) is 5.62. The molecule has 0 radical (unpaired) electrons. The Labute approximate surface area is 140 Å². The number of aryl methyl sites for hydroxylation is 1. The number of methoxy groups -OCH3 is 1. The summed E-state index contributed by atoms with van der Waals surface area (Å²) in [5.74, 6) is 1.85. The number of para-hydroxylation sites is 1. The molecule has 2 heterocycles. The van der Waals surface area contributed by atoms with Gasteiger partial charge in [-0.15, -0.1) is 11.8 Å². The van der Waals surface area contributed by atoms with Gasteiger partial charge in [-0.2, -0.15) is 5.10 Å². The molecule has 1 aliphatic heterocycles. The van der Waals surface area contributed by atoms with Crippen LogP contribution in [-0.4, -0.2) is 34.6 Å². The molecule has 23 heavy (non-hydrogen) atoms. The highest BCUT2D eigenvalue weighted by molar-refractivity contribution is 7.99. The van der Waals surface area contributed by atoms with Crippen LogP contribution >= 0.6 is 11.8 Å². The third-order valence-corrected chi connectivity index (χ3v) is 5.34. The minimum absolute atomic E-state index is 0.00568. The molecule has 5 nitrogen and oxygen atoms in total. The lowest BCUT2D eigenvalue weighted by atomic mass is 10.1. The summed E-state index contributed by atoms with van der Waals surface area (Å²) in [6, 6.07) is 7.98. The van der Waals surface area contributed by atoms with Crippen LogP contribution in [-0.2, 0) is 17.6 Å². The summed E-state index contributed by atoms with van der Waals surface area (Å²) < 4.78 is 7.12. The molecule has 0 N–H and O–H groups in total. The van der Waals surface area contributed by atoms with Gasteiger partial charge >= 0.3 is 0 Å². The van der Waals surface area contributed by atoms with E-state index >= 15 is 0 Å². The molecule has 0 spiro atoms. The standard InChI is InChI=1S/C17H21N3O2S/c1-19-11-14(10-18-19)20-9-5-8-16(17(20)21)23-12-13-6-3-4-7-15(13)22-2/h3-4,6-7,10-11,16H,5,8-9,12H2,1-2H3. The van der Waals surface area contributed by atoms with Crippen molar-refractivity contribution >= 4 is 23.4 Å². The molecule has 1 saturated heterocycles. The highest BCUT2D eigenvalue weighted by Gasteiger charge is 2.30. The van der Waals surface area contributed by atoms with E-state index in [4.69, 9.17) is 4.74 Å².